The van der Waals surface area contributed by atoms with E-state index in [9.17, 15) is 9.59 Å². The van der Waals surface area contributed by atoms with Gasteiger partial charge in [-0.1, -0.05) is 36.0 Å². The Kier molecular flexibility index (Phi) is 9.48. The monoisotopic (exact) mass is 510 g/mol. The molecule has 2 saturated heterocycles. The molecular weight excluding hydrogens is 475 g/mol. The van der Waals surface area contributed by atoms with Crippen molar-refractivity contribution >= 4 is 35.0 Å². The van der Waals surface area contributed by atoms with E-state index < -0.39 is 0 Å². The number of carbonyl (C=O) groups excluding carboxylic acids is 2. The Labute approximate surface area is 212 Å². The summed E-state index contributed by atoms with van der Waals surface area (Å²) >= 11 is 12.2. The van der Waals surface area contributed by atoms with Crippen molar-refractivity contribution in [2.45, 2.75) is 38.1 Å². The van der Waals surface area contributed by atoms with Crippen LogP contribution in [0.15, 0.2) is 18.2 Å². The van der Waals surface area contributed by atoms with Crippen molar-refractivity contribution in [3.8, 4) is 0 Å². The molecule has 3 aliphatic rings. The summed E-state index contributed by atoms with van der Waals surface area (Å²) in [4.78, 5) is 32.8. The summed E-state index contributed by atoms with van der Waals surface area (Å²) in [5, 5.41) is 4.11. The minimum absolute atomic E-state index is 0.0775. The molecule has 1 saturated carbocycles. The van der Waals surface area contributed by atoms with E-state index in [2.05, 4.69) is 15.1 Å². The number of halogens is 2. The van der Waals surface area contributed by atoms with Gasteiger partial charge in [-0.2, -0.15) is 0 Å². The van der Waals surface area contributed by atoms with E-state index in [0.717, 1.165) is 52.1 Å². The molecule has 2 amide bonds. The predicted octanol–water partition coefficient (Wildman–Crippen LogP) is 3.15. The van der Waals surface area contributed by atoms with Crippen molar-refractivity contribution in [1.29, 1.82) is 0 Å². The molecule has 188 valence electrons. The molecule has 1 atom stereocenters. The minimum atomic E-state index is -0.109. The summed E-state index contributed by atoms with van der Waals surface area (Å²) in [5.74, 6) is 0.466. The number of carbonyl (C=O) groups is 2. The van der Waals surface area contributed by atoms with Crippen LogP contribution in [0, 0.1) is 5.92 Å². The summed E-state index contributed by atoms with van der Waals surface area (Å²) in [7, 11) is 0. The van der Waals surface area contributed by atoms with Gasteiger partial charge in [0.1, 0.15) is 0 Å². The number of morpholine rings is 1. The number of benzene rings is 1. The van der Waals surface area contributed by atoms with Crippen LogP contribution in [0.25, 0.3) is 0 Å². The number of piperazine rings is 1. The van der Waals surface area contributed by atoms with Gasteiger partial charge in [-0.3, -0.25) is 19.4 Å². The van der Waals surface area contributed by atoms with Crippen molar-refractivity contribution in [2.24, 2.45) is 5.92 Å². The number of nitrogens with zero attached hydrogens (tertiary/aromatic N) is 3. The van der Waals surface area contributed by atoms with Gasteiger partial charge >= 0.3 is 0 Å². The van der Waals surface area contributed by atoms with Gasteiger partial charge in [0, 0.05) is 50.8 Å². The van der Waals surface area contributed by atoms with Crippen LogP contribution in [-0.4, -0.2) is 98.1 Å². The normalized spacial score (nSPS) is 21.5. The Morgan fingerprint density at radius 2 is 1.74 bits per heavy atom. The van der Waals surface area contributed by atoms with Crippen LogP contribution in [0.2, 0.25) is 10.0 Å². The first-order valence-corrected chi connectivity index (χ1v) is 13.3. The van der Waals surface area contributed by atoms with E-state index in [0.29, 0.717) is 54.3 Å². The largest absolute Gasteiger partial charge is 0.379 e. The maximum atomic E-state index is 13.3. The van der Waals surface area contributed by atoms with E-state index in [-0.39, 0.29) is 17.9 Å². The number of rotatable bonds is 8. The Balaban J connectivity index is 1.30. The molecule has 1 N–H and O–H groups in total. The highest BCUT2D eigenvalue weighted by atomic mass is 35.5. The number of nitrogens with one attached hydrogen (secondary N) is 1. The zero-order chi connectivity index (χ0) is 23.9. The van der Waals surface area contributed by atoms with Crippen LogP contribution >= 0.6 is 23.2 Å². The van der Waals surface area contributed by atoms with Crippen LogP contribution < -0.4 is 5.32 Å². The molecule has 1 unspecified atom stereocenters. The first-order valence-electron chi connectivity index (χ1n) is 12.6. The average molecular weight is 511 g/mol. The first-order chi connectivity index (χ1) is 16.5. The number of hydrogen-bond donors (Lipinski definition) is 1. The quantitative estimate of drug-likeness (QED) is 0.544. The summed E-state index contributed by atoms with van der Waals surface area (Å²) in [6, 6.07) is 4.87. The molecule has 0 bridgehead atoms. The highest BCUT2D eigenvalue weighted by Gasteiger charge is 2.37. The van der Waals surface area contributed by atoms with Crippen LogP contribution in [0.1, 0.15) is 42.5 Å². The number of amides is 2. The van der Waals surface area contributed by atoms with E-state index in [4.69, 9.17) is 27.9 Å². The van der Waals surface area contributed by atoms with Gasteiger partial charge < -0.3 is 15.0 Å². The highest BCUT2D eigenvalue weighted by Crippen LogP contribution is 2.31. The summed E-state index contributed by atoms with van der Waals surface area (Å²) in [5.41, 5.74) is 0.477. The molecule has 1 aliphatic carbocycles. The molecular formula is C25H36Cl2N4O3. The Morgan fingerprint density at radius 3 is 2.41 bits per heavy atom. The van der Waals surface area contributed by atoms with Crippen molar-refractivity contribution < 1.29 is 14.3 Å². The van der Waals surface area contributed by atoms with Crippen molar-refractivity contribution in [3.63, 3.8) is 0 Å². The SMILES string of the molecule is O=C(NCCCN1CCOCC1)C(C1CCCC1)N1CCN(C(=O)c2ccc(Cl)cc2Cl)CC1. The highest BCUT2D eigenvalue weighted by molar-refractivity contribution is 6.36. The van der Waals surface area contributed by atoms with Crippen LogP contribution in [-0.2, 0) is 9.53 Å². The standard InChI is InChI=1S/C25H36Cl2N4O3/c26-20-6-7-21(22(27)18-20)25(33)31-12-10-30(11-13-31)23(19-4-1-2-5-19)24(32)28-8-3-9-29-14-16-34-17-15-29/h6-7,18-19,23H,1-5,8-17H2,(H,28,32). The Bertz CT molecular complexity index is 835. The molecule has 3 fully saturated rings. The lowest BCUT2D eigenvalue weighted by molar-refractivity contribution is -0.129. The maximum absolute atomic E-state index is 13.3. The molecule has 2 heterocycles. The van der Waals surface area contributed by atoms with Crippen molar-refractivity contribution in [1.82, 2.24) is 20.0 Å². The second-order valence-corrected chi connectivity index (χ2v) is 10.4. The lowest BCUT2D eigenvalue weighted by Crippen LogP contribution is -2.58. The van der Waals surface area contributed by atoms with Crippen molar-refractivity contribution in [3.05, 3.63) is 33.8 Å². The Morgan fingerprint density at radius 1 is 1.03 bits per heavy atom. The molecule has 0 spiro atoms. The van der Waals surface area contributed by atoms with E-state index in [1.165, 1.54) is 12.8 Å². The molecule has 2 aliphatic heterocycles. The summed E-state index contributed by atoms with van der Waals surface area (Å²) < 4.78 is 5.40. The summed E-state index contributed by atoms with van der Waals surface area (Å²) in [6.07, 6.45) is 5.54. The van der Waals surface area contributed by atoms with Gasteiger partial charge in [0.2, 0.25) is 5.91 Å². The molecule has 0 radical (unpaired) electrons. The third kappa shape index (κ3) is 6.64. The fourth-order valence-corrected chi connectivity index (χ4v) is 5.92. The third-order valence-corrected chi connectivity index (χ3v) is 7.87. The van der Waals surface area contributed by atoms with Gasteiger partial charge in [0.05, 0.1) is 29.8 Å². The number of hydrogen-bond acceptors (Lipinski definition) is 5. The predicted molar refractivity (Wildman–Crippen MR) is 135 cm³/mol. The van der Waals surface area contributed by atoms with E-state index >= 15 is 0 Å². The third-order valence-electron chi connectivity index (χ3n) is 7.33. The van der Waals surface area contributed by atoms with Gasteiger partial charge in [-0.15, -0.1) is 0 Å². The molecule has 9 heteroatoms. The fourth-order valence-electron chi connectivity index (χ4n) is 5.43. The molecule has 1 aromatic carbocycles. The second-order valence-electron chi connectivity index (χ2n) is 9.54. The zero-order valence-corrected chi connectivity index (χ0v) is 21.3. The van der Waals surface area contributed by atoms with E-state index in [1.807, 2.05) is 4.90 Å². The average Bonchev–Trinajstić information content (AvgIpc) is 3.37. The van der Waals surface area contributed by atoms with Gasteiger partial charge in [-0.25, -0.2) is 0 Å². The molecule has 1 aromatic rings. The van der Waals surface area contributed by atoms with Gasteiger partial charge in [0.25, 0.3) is 5.91 Å². The van der Waals surface area contributed by atoms with Crippen LogP contribution in [0.4, 0.5) is 0 Å². The van der Waals surface area contributed by atoms with Gasteiger partial charge in [-0.05, 0) is 49.9 Å². The molecule has 0 aromatic heterocycles. The fraction of sp³-hybridized carbons (Fsp3) is 0.680. The molecule has 4 rings (SSSR count). The maximum Gasteiger partial charge on any atom is 0.255 e. The van der Waals surface area contributed by atoms with Gasteiger partial charge in [0.15, 0.2) is 0 Å². The molecule has 34 heavy (non-hydrogen) atoms. The van der Waals surface area contributed by atoms with E-state index in [1.54, 1.807) is 18.2 Å². The molecule has 7 nitrogen and oxygen atoms in total. The summed E-state index contributed by atoms with van der Waals surface area (Å²) in [6.45, 7) is 7.81. The van der Waals surface area contributed by atoms with Crippen molar-refractivity contribution in [2.75, 3.05) is 65.6 Å². The van der Waals surface area contributed by atoms with Crippen LogP contribution in [0.5, 0.6) is 0 Å². The second kappa shape index (κ2) is 12.5. The zero-order valence-electron chi connectivity index (χ0n) is 19.8. The Hall–Kier alpha value is -1.38. The smallest absolute Gasteiger partial charge is 0.255 e. The number of ether oxygens (including phenoxy) is 1. The lowest BCUT2D eigenvalue weighted by atomic mass is 9.95. The van der Waals surface area contributed by atoms with Crippen LogP contribution in [0.3, 0.4) is 0 Å². The minimum Gasteiger partial charge on any atom is -0.379 e. The topological polar surface area (TPSA) is 65.1 Å². The lowest BCUT2D eigenvalue weighted by Gasteiger charge is -2.41. The first kappa shape index (κ1) is 25.7.